The predicted octanol–water partition coefficient (Wildman–Crippen LogP) is 3.78. The number of amides is 2. The number of nitrogens with zero attached hydrogens (tertiary/aromatic N) is 2. The number of piperazine rings is 1. The molecule has 0 aromatic heterocycles. The number of hydrogen-bond donors (Lipinski definition) is 1. The predicted molar refractivity (Wildman–Crippen MR) is 117 cm³/mol. The molecule has 5 heteroatoms. The minimum absolute atomic E-state index is 0.000621. The van der Waals surface area contributed by atoms with Crippen LogP contribution in [0.25, 0.3) is 0 Å². The zero-order valence-corrected chi connectivity index (χ0v) is 17.8. The van der Waals surface area contributed by atoms with E-state index >= 15 is 0 Å². The summed E-state index contributed by atoms with van der Waals surface area (Å²) in [6.45, 7) is 10.6. The SMILES string of the molecule is Cc1cc(C)cc(NC(=O)C(c2ccccc2)N2CCN(C(=O)C(C)C)CC2)c1. The lowest BCUT2D eigenvalue weighted by Gasteiger charge is -2.39. The molecule has 1 fully saturated rings. The van der Waals surface area contributed by atoms with E-state index in [1.54, 1.807) is 0 Å². The summed E-state index contributed by atoms with van der Waals surface area (Å²) in [6.07, 6.45) is 0. The molecule has 1 aliphatic rings. The normalized spacial score (nSPS) is 16.0. The largest absolute Gasteiger partial charge is 0.340 e. The van der Waals surface area contributed by atoms with Gasteiger partial charge in [-0.2, -0.15) is 0 Å². The summed E-state index contributed by atoms with van der Waals surface area (Å²) in [4.78, 5) is 29.7. The molecule has 1 aliphatic heterocycles. The molecule has 1 N–H and O–H groups in total. The lowest BCUT2D eigenvalue weighted by atomic mass is 10.0. The van der Waals surface area contributed by atoms with E-state index in [9.17, 15) is 9.59 Å². The second kappa shape index (κ2) is 9.23. The van der Waals surface area contributed by atoms with Crippen LogP contribution in [0, 0.1) is 19.8 Å². The molecule has 0 radical (unpaired) electrons. The van der Waals surface area contributed by atoms with Crippen LogP contribution in [-0.2, 0) is 9.59 Å². The van der Waals surface area contributed by atoms with E-state index in [1.165, 1.54) is 0 Å². The fourth-order valence-electron chi connectivity index (χ4n) is 3.99. The third kappa shape index (κ3) is 5.24. The number of carbonyl (C=O) groups is 2. The third-order valence-electron chi connectivity index (χ3n) is 5.34. The first-order valence-corrected chi connectivity index (χ1v) is 10.3. The second-order valence-corrected chi connectivity index (χ2v) is 8.19. The molecule has 2 aromatic rings. The number of aryl methyl sites for hydroxylation is 2. The van der Waals surface area contributed by atoms with Gasteiger partial charge in [0.15, 0.2) is 0 Å². The third-order valence-corrected chi connectivity index (χ3v) is 5.34. The minimum Gasteiger partial charge on any atom is -0.340 e. The van der Waals surface area contributed by atoms with Crippen molar-refractivity contribution in [2.75, 3.05) is 31.5 Å². The Hall–Kier alpha value is -2.66. The number of hydrogen-bond acceptors (Lipinski definition) is 3. The summed E-state index contributed by atoms with van der Waals surface area (Å²) in [7, 11) is 0. The van der Waals surface area contributed by atoms with Crippen molar-refractivity contribution in [2.24, 2.45) is 5.92 Å². The first-order valence-electron chi connectivity index (χ1n) is 10.3. The van der Waals surface area contributed by atoms with Crippen molar-refractivity contribution in [3.05, 3.63) is 65.2 Å². The van der Waals surface area contributed by atoms with Crippen LogP contribution in [0.5, 0.6) is 0 Å². The molecule has 0 saturated carbocycles. The van der Waals surface area contributed by atoms with E-state index in [0.29, 0.717) is 26.2 Å². The maximum absolute atomic E-state index is 13.3. The summed E-state index contributed by atoms with van der Waals surface area (Å²) in [5.41, 5.74) is 4.04. The van der Waals surface area contributed by atoms with Crippen molar-refractivity contribution in [3.63, 3.8) is 0 Å². The van der Waals surface area contributed by atoms with Gasteiger partial charge >= 0.3 is 0 Å². The smallest absolute Gasteiger partial charge is 0.246 e. The van der Waals surface area contributed by atoms with Crippen LogP contribution in [0.15, 0.2) is 48.5 Å². The van der Waals surface area contributed by atoms with Crippen LogP contribution in [0.2, 0.25) is 0 Å². The Kier molecular flexibility index (Phi) is 6.70. The molecule has 2 amide bonds. The molecule has 1 atom stereocenters. The van der Waals surface area contributed by atoms with Crippen LogP contribution < -0.4 is 5.32 Å². The number of nitrogens with one attached hydrogen (secondary N) is 1. The molecule has 5 nitrogen and oxygen atoms in total. The van der Waals surface area contributed by atoms with E-state index in [-0.39, 0.29) is 23.8 Å². The zero-order chi connectivity index (χ0) is 21.0. The molecule has 1 heterocycles. The van der Waals surface area contributed by atoms with E-state index in [4.69, 9.17) is 0 Å². The first-order chi connectivity index (χ1) is 13.8. The molecule has 154 valence electrons. The number of anilines is 1. The number of rotatable bonds is 5. The van der Waals surface area contributed by atoms with Gasteiger partial charge in [0.05, 0.1) is 0 Å². The van der Waals surface area contributed by atoms with Gasteiger partial charge < -0.3 is 10.2 Å². The highest BCUT2D eigenvalue weighted by Gasteiger charge is 2.32. The molecular formula is C24H31N3O2. The van der Waals surface area contributed by atoms with E-state index < -0.39 is 0 Å². The van der Waals surface area contributed by atoms with Crippen molar-refractivity contribution in [1.29, 1.82) is 0 Å². The monoisotopic (exact) mass is 393 g/mol. The van der Waals surface area contributed by atoms with Crippen LogP contribution in [0.3, 0.4) is 0 Å². The van der Waals surface area contributed by atoms with Gasteiger partial charge in [0.25, 0.3) is 0 Å². The van der Waals surface area contributed by atoms with E-state index in [2.05, 4.69) is 16.3 Å². The summed E-state index contributed by atoms with van der Waals surface area (Å²) in [6, 6.07) is 15.6. The summed E-state index contributed by atoms with van der Waals surface area (Å²) < 4.78 is 0. The van der Waals surface area contributed by atoms with Crippen molar-refractivity contribution in [1.82, 2.24) is 9.80 Å². The fourth-order valence-corrected chi connectivity index (χ4v) is 3.99. The molecule has 0 bridgehead atoms. The summed E-state index contributed by atoms with van der Waals surface area (Å²) >= 11 is 0. The van der Waals surface area contributed by atoms with Crippen LogP contribution in [-0.4, -0.2) is 47.8 Å². The maximum Gasteiger partial charge on any atom is 0.246 e. The Morgan fingerprint density at radius 1 is 0.897 bits per heavy atom. The summed E-state index contributed by atoms with van der Waals surface area (Å²) in [5, 5.41) is 3.11. The molecule has 1 saturated heterocycles. The molecule has 1 unspecified atom stereocenters. The van der Waals surface area contributed by atoms with Crippen LogP contribution in [0.1, 0.15) is 36.6 Å². The quantitative estimate of drug-likeness (QED) is 0.841. The Labute approximate surface area is 173 Å². The molecule has 0 aliphatic carbocycles. The molecule has 0 spiro atoms. The summed E-state index contributed by atoms with van der Waals surface area (Å²) in [5.74, 6) is 0.143. The average molecular weight is 394 g/mol. The van der Waals surface area contributed by atoms with Gasteiger partial charge in [-0.25, -0.2) is 0 Å². The van der Waals surface area contributed by atoms with Crippen molar-refractivity contribution in [3.8, 4) is 0 Å². The van der Waals surface area contributed by atoms with Crippen LogP contribution in [0.4, 0.5) is 5.69 Å². The lowest BCUT2D eigenvalue weighted by molar-refractivity contribution is -0.137. The molecular weight excluding hydrogens is 362 g/mol. The first kappa shape index (κ1) is 21.1. The highest BCUT2D eigenvalue weighted by atomic mass is 16.2. The zero-order valence-electron chi connectivity index (χ0n) is 17.8. The highest BCUT2D eigenvalue weighted by molar-refractivity contribution is 5.95. The maximum atomic E-state index is 13.3. The van der Waals surface area contributed by atoms with Crippen molar-refractivity contribution >= 4 is 17.5 Å². The van der Waals surface area contributed by atoms with Gasteiger partial charge in [-0.15, -0.1) is 0 Å². The molecule has 2 aromatic carbocycles. The average Bonchev–Trinajstić information content (AvgIpc) is 2.68. The van der Waals surface area contributed by atoms with Gasteiger partial charge in [-0.3, -0.25) is 14.5 Å². The second-order valence-electron chi connectivity index (χ2n) is 8.19. The Morgan fingerprint density at radius 2 is 1.48 bits per heavy atom. The fraction of sp³-hybridized carbons (Fsp3) is 0.417. The Morgan fingerprint density at radius 3 is 2.03 bits per heavy atom. The van der Waals surface area contributed by atoms with E-state index in [0.717, 1.165) is 22.4 Å². The number of benzene rings is 2. The highest BCUT2D eigenvalue weighted by Crippen LogP contribution is 2.25. The van der Waals surface area contributed by atoms with Gasteiger partial charge in [0.1, 0.15) is 6.04 Å². The Balaban J connectivity index is 1.79. The van der Waals surface area contributed by atoms with Gasteiger partial charge in [0, 0.05) is 37.8 Å². The number of carbonyl (C=O) groups excluding carboxylic acids is 2. The van der Waals surface area contributed by atoms with Crippen molar-refractivity contribution < 1.29 is 9.59 Å². The topological polar surface area (TPSA) is 52.7 Å². The Bertz CT molecular complexity index is 835. The van der Waals surface area contributed by atoms with Gasteiger partial charge in [-0.1, -0.05) is 50.2 Å². The lowest BCUT2D eigenvalue weighted by Crippen LogP contribution is -2.52. The van der Waals surface area contributed by atoms with Gasteiger partial charge in [-0.05, 0) is 42.7 Å². The van der Waals surface area contributed by atoms with Crippen LogP contribution >= 0.6 is 0 Å². The molecule has 29 heavy (non-hydrogen) atoms. The minimum atomic E-state index is -0.381. The van der Waals surface area contributed by atoms with Crippen molar-refractivity contribution in [2.45, 2.75) is 33.7 Å². The standard InChI is InChI=1S/C24H31N3O2/c1-17(2)24(29)27-12-10-26(11-13-27)22(20-8-6-5-7-9-20)23(28)25-21-15-18(3)14-19(4)16-21/h5-9,14-17,22H,10-13H2,1-4H3,(H,25,28). The van der Waals surface area contributed by atoms with E-state index in [1.807, 2.05) is 75.1 Å². The van der Waals surface area contributed by atoms with Gasteiger partial charge in [0.2, 0.25) is 11.8 Å². The molecule has 3 rings (SSSR count).